The van der Waals surface area contributed by atoms with E-state index in [1.807, 2.05) is 41.4 Å². The predicted octanol–water partition coefficient (Wildman–Crippen LogP) is 1.99. The van der Waals surface area contributed by atoms with E-state index in [1.54, 1.807) is 7.11 Å². The van der Waals surface area contributed by atoms with E-state index >= 15 is 0 Å². The molecule has 0 aromatic heterocycles. The Morgan fingerprint density at radius 3 is 2.60 bits per heavy atom. The molecule has 2 rings (SSSR count). The monoisotopic (exact) mass is 203 g/mol. The highest BCUT2D eigenvalue weighted by Crippen LogP contribution is 2.20. The van der Waals surface area contributed by atoms with E-state index in [9.17, 15) is 4.79 Å². The summed E-state index contributed by atoms with van der Waals surface area (Å²) in [6.45, 7) is 0.461. The lowest BCUT2D eigenvalue weighted by Crippen LogP contribution is -2.27. The molecular formula is C12H13NO2. The molecule has 1 aliphatic rings. The molecule has 1 heterocycles. The number of methoxy groups -OCH3 is 1. The minimum Gasteiger partial charge on any atom is -0.497 e. The second-order valence-corrected chi connectivity index (χ2v) is 3.45. The predicted molar refractivity (Wildman–Crippen MR) is 59.1 cm³/mol. The third-order valence-electron chi connectivity index (χ3n) is 2.38. The van der Waals surface area contributed by atoms with E-state index in [4.69, 9.17) is 4.74 Å². The van der Waals surface area contributed by atoms with E-state index in [-0.39, 0.29) is 5.78 Å². The molecule has 3 nitrogen and oxygen atoms in total. The number of hydrogen-bond acceptors (Lipinski definition) is 3. The number of carbonyl (C=O) groups excluding carboxylic acids is 1. The fraction of sp³-hybridized carbons (Fsp3) is 0.250. The second-order valence-electron chi connectivity index (χ2n) is 3.45. The Labute approximate surface area is 89.0 Å². The van der Waals surface area contributed by atoms with Crippen molar-refractivity contribution in [2.24, 2.45) is 0 Å². The van der Waals surface area contributed by atoms with Gasteiger partial charge in [0, 0.05) is 18.3 Å². The van der Waals surface area contributed by atoms with Gasteiger partial charge in [0.1, 0.15) is 5.75 Å². The van der Waals surface area contributed by atoms with Gasteiger partial charge in [-0.2, -0.15) is 0 Å². The fourth-order valence-corrected chi connectivity index (χ4v) is 1.57. The van der Waals surface area contributed by atoms with Crippen molar-refractivity contribution in [3.63, 3.8) is 0 Å². The Morgan fingerprint density at radius 2 is 2.00 bits per heavy atom. The number of ether oxygens (including phenoxy) is 1. The van der Waals surface area contributed by atoms with Crippen LogP contribution < -0.4 is 9.64 Å². The van der Waals surface area contributed by atoms with Crippen molar-refractivity contribution >= 4 is 11.5 Å². The van der Waals surface area contributed by atoms with Crippen LogP contribution in [0.1, 0.15) is 6.42 Å². The lowest BCUT2D eigenvalue weighted by molar-refractivity contribution is -0.117. The molecule has 0 N–H and O–H groups in total. The van der Waals surface area contributed by atoms with Crippen molar-refractivity contribution in [3.05, 3.63) is 36.5 Å². The first-order valence-corrected chi connectivity index (χ1v) is 4.88. The maximum absolute atomic E-state index is 11.3. The standard InChI is InChI=1S/C12H13NO2/c1-15-12-6-4-10(5-7-12)13-8-2-3-11(14)9-13/h2,4-8H,3,9H2,1H3. The van der Waals surface area contributed by atoms with Gasteiger partial charge in [-0.05, 0) is 24.3 Å². The lowest BCUT2D eigenvalue weighted by Gasteiger charge is -2.22. The molecule has 0 spiro atoms. The van der Waals surface area contributed by atoms with Crippen LogP contribution in [-0.2, 0) is 4.79 Å². The summed E-state index contributed by atoms with van der Waals surface area (Å²) in [7, 11) is 1.64. The molecule has 1 aromatic rings. The minimum atomic E-state index is 0.244. The van der Waals surface area contributed by atoms with Gasteiger partial charge >= 0.3 is 0 Å². The molecule has 0 aliphatic carbocycles. The third kappa shape index (κ3) is 2.18. The van der Waals surface area contributed by atoms with Gasteiger partial charge < -0.3 is 9.64 Å². The molecule has 0 bridgehead atoms. The summed E-state index contributed by atoms with van der Waals surface area (Å²) >= 11 is 0. The highest BCUT2D eigenvalue weighted by molar-refractivity contribution is 5.86. The number of rotatable bonds is 2. The molecule has 1 aliphatic heterocycles. The molecule has 0 saturated carbocycles. The first kappa shape index (κ1) is 9.77. The smallest absolute Gasteiger partial charge is 0.156 e. The zero-order valence-corrected chi connectivity index (χ0v) is 8.64. The maximum atomic E-state index is 11.3. The van der Waals surface area contributed by atoms with Gasteiger partial charge in [0.25, 0.3) is 0 Å². The zero-order chi connectivity index (χ0) is 10.7. The SMILES string of the molecule is COc1ccc(N2C=CCC(=O)C2)cc1. The Bertz CT molecular complexity index is 381. The largest absolute Gasteiger partial charge is 0.497 e. The fourth-order valence-electron chi connectivity index (χ4n) is 1.57. The van der Waals surface area contributed by atoms with Crippen molar-refractivity contribution in [1.29, 1.82) is 0 Å². The Balaban J connectivity index is 2.18. The summed E-state index contributed by atoms with van der Waals surface area (Å²) in [4.78, 5) is 13.2. The van der Waals surface area contributed by atoms with Gasteiger partial charge in [-0.1, -0.05) is 6.08 Å². The molecule has 0 atom stereocenters. The quantitative estimate of drug-likeness (QED) is 0.736. The topological polar surface area (TPSA) is 29.5 Å². The summed E-state index contributed by atoms with van der Waals surface area (Å²) < 4.78 is 5.07. The van der Waals surface area contributed by atoms with E-state index in [1.165, 1.54) is 0 Å². The van der Waals surface area contributed by atoms with Gasteiger partial charge in [-0.15, -0.1) is 0 Å². The minimum absolute atomic E-state index is 0.244. The van der Waals surface area contributed by atoms with Crippen LogP contribution in [0.5, 0.6) is 5.75 Å². The Kier molecular flexibility index (Phi) is 2.72. The van der Waals surface area contributed by atoms with Gasteiger partial charge in [0.2, 0.25) is 0 Å². The summed E-state index contributed by atoms with van der Waals surface area (Å²) in [5.41, 5.74) is 1.01. The zero-order valence-electron chi connectivity index (χ0n) is 8.64. The van der Waals surface area contributed by atoms with E-state index in [0.29, 0.717) is 13.0 Å². The average Bonchev–Trinajstić information content (AvgIpc) is 2.29. The molecule has 15 heavy (non-hydrogen) atoms. The number of benzene rings is 1. The van der Waals surface area contributed by atoms with Crippen LogP contribution in [0.3, 0.4) is 0 Å². The molecule has 0 saturated heterocycles. The van der Waals surface area contributed by atoms with Gasteiger partial charge in [-0.25, -0.2) is 0 Å². The van der Waals surface area contributed by atoms with Crippen LogP contribution in [0.25, 0.3) is 0 Å². The van der Waals surface area contributed by atoms with E-state index < -0.39 is 0 Å². The molecule has 78 valence electrons. The average molecular weight is 203 g/mol. The van der Waals surface area contributed by atoms with Crippen LogP contribution in [0, 0.1) is 0 Å². The number of nitrogens with zero attached hydrogens (tertiary/aromatic N) is 1. The van der Waals surface area contributed by atoms with Gasteiger partial charge in [-0.3, -0.25) is 4.79 Å². The molecule has 0 amide bonds. The van der Waals surface area contributed by atoms with Gasteiger partial charge in [0.15, 0.2) is 5.78 Å². The molecular weight excluding hydrogens is 190 g/mol. The maximum Gasteiger partial charge on any atom is 0.156 e. The number of carbonyl (C=O) groups is 1. The summed E-state index contributed by atoms with van der Waals surface area (Å²) in [5, 5.41) is 0. The number of Topliss-reactive ketones (excluding diaryl/α,β-unsaturated/α-hetero) is 1. The Morgan fingerprint density at radius 1 is 1.27 bits per heavy atom. The Hall–Kier alpha value is -1.77. The number of hydrogen-bond donors (Lipinski definition) is 0. The highest BCUT2D eigenvalue weighted by Gasteiger charge is 2.12. The van der Waals surface area contributed by atoms with Gasteiger partial charge in [0.05, 0.1) is 13.7 Å². The molecule has 0 fully saturated rings. The van der Waals surface area contributed by atoms with Crippen molar-refractivity contribution in [2.75, 3.05) is 18.6 Å². The van der Waals surface area contributed by atoms with Crippen LogP contribution in [0.4, 0.5) is 5.69 Å². The van der Waals surface area contributed by atoms with Crippen molar-refractivity contribution in [3.8, 4) is 5.75 Å². The molecule has 0 unspecified atom stereocenters. The first-order valence-electron chi connectivity index (χ1n) is 4.88. The first-order chi connectivity index (χ1) is 7.29. The van der Waals surface area contributed by atoms with Crippen molar-refractivity contribution in [1.82, 2.24) is 0 Å². The summed E-state index contributed by atoms with van der Waals surface area (Å²) in [6.07, 6.45) is 4.38. The van der Waals surface area contributed by atoms with Crippen LogP contribution in [-0.4, -0.2) is 19.4 Å². The third-order valence-corrected chi connectivity index (χ3v) is 2.38. The second kappa shape index (κ2) is 4.17. The lowest BCUT2D eigenvalue weighted by atomic mass is 10.2. The summed E-state index contributed by atoms with van der Waals surface area (Å²) in [6, 6.07) is 7.67. The molecule has 1 aromatic carbocycles. The van der Waals surface area contributed by atoms with E-state index in [2.05, 4.69) is 0 Å². The highest BCUT2D eigenvalue weighted by atomic mass is 16.5. The van der Waals surface area contributed by atoms with Crippen LogP contribution >= 0.6 is 0 Å². The summed E-state index contributed by atoms with van der Waals surface area (Å²) in [5.74, 6) is 1.07. The number of ketones is 1. The van der Waals surface area contributed by atoms with Crippen molar-refractivity contribution in [2.45, 2.75) is 6.42 Å². The van der Waals surface area contributed by atoms with Crippen molar-refractivity contribution < 1.29 is 9.53 Å². The number of anilines is 1. The van der Waals surface area contributed by atoms with Crippen LogP contribution in [0.2, 0.25) is 0 Å². The number of allylic oxidation sites excluding steroid dienone is 1. The molecule has 3 heteroatoms. The van der Waals surface area contributed by atoms with Crippen LogP contribution in [0.15, 0.2) is 36.5 Å². The normalized spacial score (nSPS) is 15.5. The molecule has 0 radical (unpaired) electrons. The van der Waals surface area contributed by atoms with E-state index in [0.717, 1.165) is 11.4 Å².